The van der Waals surface area contributed by atoms with E-state index >= 15 is 0 Å². The number of nitrogens with two attached hydrogens (primary N) is 1. The number of nitrogen functional groups attached to an aromatic ring is 1. The van der Waals surface area contributed by atoms with Crippen molar-refractivity contribution in [3.8, 4) is 0 Å². The molecule has 0 spiro atoms. The van der Waals surface area contributed by atoms with Gasteiger partial charge in [-0.2, -0.15) is 0 Å². The summed E-state index contributed by atoms with van der Waals surface area (Å²) < 4.78 is 5.05. The van der Waals surface area contributed by atoms with Gasteiger partial charge in [-0.15, -0.1) is 0 Å². The molecule has 5 heteroatoms. The lowest BCUT2D eigenvalue weighted by atomic mass is 10.0. The molecule has 0 atom stereocenters. The highest BCUT2D eigenvalue weighted by atomic mass is 16.5. The van der Waals surface area contributed by atoms with Crippen LogP contribution in [-0.2, 0) is 4.74 Å². The maximum atomic E-state index is 11.9. The monoisotopic (exact) mass is 263 g/mol. The fourth-order valence-electron chi connectivity index (χ4n) is 2.51. The van der Waals surface area contributed by atoms with Gasteiger partial charge in [-0.3, -0.25) is 0 Å². The van der Waals surface area contributed by atoms with Gasteiger partial charge in [0.15, 0.2) is 0 Å². The Balaban J connectivity index is 2.26. The van der Waals surface area contributed by atoms with Crippen molar-refractivity contribution < 1.29 is 9.53 Å². The third kappa shape index (κ3) is 3.16. The molecule has 0 radical (unpaired) electrons. The molecule has 0 saturated heterocycles. The Morgan fingerprint density at radius 2 is 2.21 bits per heavy atom. The topological polar surface area (TPSA) is 77.2 Å². The Morgan fingerprint density at radius 3 is 2.84 bits per heavy atom. The molecule has 1 aliphatic rings. The number of rotatable bonds is 4. The average molecular weight is 263 g/mol. The lowest BCUT2D eigenvalue weighted by Crippen LogP contribution is -2.32. The smallest absolute Gasteiger partial charge is 0.341 e. The minimum atomic E-state index is -0.383. The highest BCUT2D eigenvalue weighted by Gasteiger charge is 2.30. The van der Waals surface area contributed by atoms with Gasteiger partial charge in [0.2, 0.25) is 0 Å². The number of hydrogen-bond donors (Lipinski definition) is 2. The number of ether oxygens (including phenoxy) is 1. The number of carbonyl (C=O) groups excluding carboxylic acids is 1. The van der Waals surface area contributed by atoms with Gasteiger partial charge in [-0.05, 0) is 32.8 Å². The van der Waals surface area contributed by atoms with Gasteiger partial charge in [0.05, 0.1) is 18.5 Å². The molecule has 3 N–H and O–H groups in total. The molecule has 1 fully saturated rings. The molecule has 104 valence electrons. The van der Waals surface area contributed by atoms with Gasteiger partial charge in [0, 0.05) is 5.54 Å². The molecule has 1 aromatic rings. The van der Waals surface area contributed by atoms with Crippen LogP contribution in [0.1, 0.15) is 49.9 Å². The first-order valence-electron chi connectivity index (χ1n) is 6.75. The molecular formula is C14H21N3O2. The Labute approximate surface area is 113 Å². The second-order valence-corrected chi connectivity index (χ2v) is 5.28. The van der Waals surface area contributed by atoms with Crippen molar-refractivity contribution in [2.45, 2.75) is 45.1 Å². The number of anilines is 2. The van der Waals surface area contributed by atoms with Crippen LogP contribution in [0.2, 0.25) is 0 Å². The lowest BCUT2D eigenvalue weighted by molar-refractivity contribution is 0.0527. The van der Waals surface area contributed by atoms with Crippen molar-refractivity contribution in [3.63, 3.8) is 0 Å². The van der Waals surface area contributed by atoms with Gasteiger partial charge >= 0.3 is 5.97 Å². The van der Waals surface area contributed by atoms with Gasteiger partial charge in [0.25, 0.3) is 0 Å². The molecular weight excluding hydrogens is 242 g/mol. The maximum absolute atomic E-state index is 11.9. The van der Waals surface area contributed by atoms with Crippen molar-refractivity contribution in [2.24, 2.45) is 0 Å². The van der Waals surface area contributed by atoms with Crippen LogP contribution in [0.15, 0.2) is 12.3 Å². The molecule has 1 saturated carbocycles. The zero-order valence-electron chi connectivity index (χ0n) is 11.5. The number of hydrogen-bond acceptors (Lipinski definition) is 5. The number of pyridine rings is 1. The molecule has 5 nitrogen and oxygen atoms in total. The molecule has 1 aliphatic carbocycles. The number of nitrogens with one attached hydrogen (secondary N) is 1. The quantitative estimate of drug-likeness (QED) is 0.816. The third-order valence-electron chi connectivity index (χ3n) is 3.53. The van der Waals surface area contributed by atoms with Crippen LogP contribution >= 0.6 is 0 Å². The Bertz CT molecular complexity index is 468. The molecule has 2 rings (SSSR count). The molecule has 0 bridgehead atoms. The summed E-state index contributed by atoms with van der Waals surface area (Å²) in [6.45, 7) is 4.28. The molecule has 1 heterocycles. The summed E-state index contributed by atoms with van der Waals surface area (Å²) in [5, 5.41) is 3.38. The number of carbonyl (C=O) groups is 1. The minimum absolute atomic E-state index is 0.00433. The van der Waals surface area contributed by atoms with Crippen molar-refractivity contribution in [2.75, 3.05) is 17.7 Å². The molecule has 19 heavy (non-hydrogen) atoms. The molecule has 1 aromatic heterocycles. The van der Waals surface area contributed by atoms with Crippen LogP contribution in [0.25, 0.3) is 0 Å². The van der Waals surface area contributed by atoms with E-state index in [9.17, 15) is 4.79 Å². The largest absolute Gasteiger partial charge is 0.462 e. The van der Waals surface area contributed by atoms with E-state index in [0.717, 1.165) is 12.8 Å². The van der Waals surface area contributed by atoms with Crippen molar-refractivity contribution in [3.05, 3.63) is 17.8 Å². The van der Waals surface area contributed by atoms with Crippen LogP contribution in [0, 0.1) is 0 Å². The fourth-order valence-corrected chi connectivity index (χ4v) is 2.51. The Morgan fingerprint density at radius 1 is 1.53 bits per heavy atom. The predicted molar refractivity (Wildman–Crippen MR) is 75.1 cm³/mol. The summed E-state index contributed by atoms with van der Waals surface area (Å²) in [5.74, 6) is 0.184. The summed E-state index contributed by atoms with van der Waals surface area (Å²) in [6.07, 6.45) is 6.13. The van der Waals surface area contributed by atoms with Gasteiger partial charge < -0.3 is 15.8 Å². The summed E-state index contributed by atoms with van der Waals surface area (Å²) in [7, 11) is 0. The Kier molecular flexibility index (Phi) is 3.93. The fraction of sp³-hybridized carbons (Fsp3) is 0.571. The van der Waals surface area contributed by atoms with E-state index in [1.807, 2.05) is 0 Å². The van der Waals surface area contributed by atoms with Gasteiger partial charge in [0.1, 0.15) is 11.4 Å². The zero-order valence-corrected chi connectivity index (χ0v) is 11.5. The molecule has 0 aliphatic heterocycles. The second-order valence-electron chi connectivity index (χ2n) is 5.28. The summed E-state index contributed by atoms with van der Waals surface area (Å²) in [4.78, 5) is 16.2. The van der Waals surface area contributed by atoms with Crippen molar-refractivity contribution in [1.29, 1.82) is 0 Å². The first-order valence-corrected chi connectivity index (χ1v) is 6.75. The van der Waals surface area contributed by atoms with E-state index in [0.29, 0.717) is 23.7 Å². The normalized spacial score (nSPS) is 17.2. The summed E-state index contributed by atoms with van der Waals surface area (Å²) in [6, 6.07) is 1.62. The molecule has 0 unspecified atom stereocenters. The molecule has 0 aromatic carbocycles. The van der Waals surface area contributed by atoms with E-state index < -0.39 is 0 Å². The second kappa shape index (κ2) is 5.47. The average Bonchev–Trinajstić information content (AvgIpc) is 2.78. The van der Waals surface area contributed by atoms with Crippen molar-refractivity contribution >= 4 is 17.5 Å². The number of nitrogens with zero attached hydrogens (tertiary/aromatic N) is 1. The van der Waals surface area contributed by atoms with E-state index in [-0.39, 0.29) is 11.5 Å². The van der Waals surface area contributed by atoms with Crippen LogP contribution in [-0.4, -0.2) is 23.1 Å². The first kappa shape index (κ1) is 13.6. The van der Waals surface area contributed by atoms with Crippen LogP contribution in [0.4, 0.5) is 11.5 Å². The van der Waals surface area contributed by atoms with Crippen molar-refractivity contribution in [1.82, 2.24) is 4.98 Å². The highest BCUT2D eigenvalue weighted by molar-refractivity contribution is 5.95. The summed E-state index contributed by atoms with van der Waals surface area (Å²) >= 11 is 0. The summed E-state index contributed by atoms with van der Waals surface area (Å²) in [5.41, 5.74) is 6.58. The predicted octanol–water partition coefficient (Wildman–Crippen LogP) is 2.59. The zero-order chi connectivity index (χ0) is 13.9. The van der Waals surface area contributed by atoms with Crippen LogP contribution in [0.5, 0.6) is 0 Å². The number of aromatic nitrogens is 1. The van der Waals surface area contributed by atoms with E-state index in [1.54, 1.807) is 19.2 Å². The highest BCUT2D eigenvalue weighted by Crippen LogP contribution is 2.33. The lowest BCUT2D eigenvalue weighted by Gasteiger charge is -2.27. The maximum Gasteiger partial charge on any atom is 0.341 e. The third-order valence-corrected chi connectivity index (χ3v) is 3.53. The Hall–Kier alpha value is -1.78. The number of esters is 1. The van der Waals surface area contributed by atoms with E-state index in [1.165, 1.54) is 12.8 Å². The van der Waals surface area contributed by atoms with Gasteiger partial charge in [-0.1, -0.05) is 12.8 Å². The first-order chi connectivity index (χ1) is 9.04. The molecule has 0 amide bonds. The standard InChI is InChI=1S/C14H21N3O2/c1-3-19-13(18)11-8-10(15)9-16-12(11)17-14(2)6-4-5-7-14/h8-9H,3-7,15H2,1-2H3,(H,16,17). The van der Waals surface area contributed by atoms with Crippen LogP contribution in [0.3, 0.4) is 0 Å². The van der Waals surface area contributed by atoms with Gasteiger partial charge in [-0.25, -0.2) is 9.78 Å². The van der Waals surface area contributed by atoms with Crippen LogP contribution < -0.4 is 11.1 Å². The SMILES string of the molecule is CCOC(=O)c1cc(N)cnc1NC1(C)CCCC1. The van der Waals surface area contributed by atoms with E-state index in [2.05, 4.69) is 17.2 Å². The van der Waals surface area contributed by atoms with E-state index in [4.69, 9.17) is 10.5 Å². The minimum Gasteiger partial charge on any atom is -0.462 e.